The highest BCUT2D eigenvalue weighted by Crippen LogP contribution is 2.53. The van der Waals surface area contributed by atoms with Crippen LogP contribution in [0.25, 0.3) is 0 Å². The normalized spacial score (nSPS) is 23.6. The zero-order valence-corrected chi connectivity index (χ0v) is 19.0. The van der Waals surface area contributed by atoms with Crippen molar-refractivity contribution in [3.8, 4) is 0 Å². The molecule has 2 heterocycles. The molecule has 1 unspecified atom stereocenters. The molecule has 1 aliphatic rings. The van der Waals surface area contributed by atoms with E-state index >= 15 is 0 Å². The van der Waals surface area contributed by atoms with Gasteiger partial charge >= 0.3 is 19.7 Å². The fourth-order valence-electron chi connectivity index (χ4n) is 2.67. The standard InChI is InChI=1S/C18H28N3O9P/c1-11-8-13(20-29-11)9-27-14(22)6-7-19-16(23)15-18(3,4)10-28-31(25,30-15)21-12(2)17(24)26-5/h8,12,15H,6-7,9-10H2,1-5H3,(H,19,23)(H,21,25)/t12-,15-,31?/m0/s1. The van der Waals surface area contributed by atoms with Gasteiger partial charge in [0.1, 0.15) is 24.1 Å². The lowest BCUT2D eigenvalue weighted by molar-refractivity contribution is -0.145. The fourth-order valence-corrected chi connectivity index (χ4v) is 4.61. The highest BCUT2D eigenvalue weighted by atomic mass is 31.2. The molecule has 2 N–H and O–H groups in total. The van der Waals surface area contributed by atoms with Gasteiger partial charge < -0.3 is 19.3 Å². The first-order chi connectivity index (χ1) is 14.5. The number of methoxy groups -OCH3 is 1. The van der Waals surface area contributed by atoms with Gasteiger partial charge in [0.05, 0.1) is 20.1 Å². The molecule has 1 amide bonds. The third-order valence-corrected chi connectivity index (χ3v) is 6.05. The van der Waals surface area contributed by atoms with Gasteiger partial charge in [-0.1, -0.05) is 19.0 Å². The number of nitrogens with one attached hydrogen (secondary N) is 2. The Bertz CT molecular complexity index is 854. The molecule has 174 valence electrons. The molecule has 0 radical (unpaired) electrons. The summed E-state index contributed by atoms with van der Waals surface area (Å²) in [4.78, 5) is 36.0. The number of nitrogens with zero attached hydrogens (tertiary/aromatic N) is 1. The Morgan fingerprint density at radius 3 is 2.71 bits per heavy atom. The SMILES string of the molecule is COC(=O)[C@H](C)NP1(=O)OCC(C)(C)[C@H](C(=O)NCCC(=O)OCc2cc(C)on2)O1. The molecule has 31 heavy (non-hydrogen) atoms. The van der Waals surface area contributed by atoms with Crippen LogP contribution in [0.3, 0.4) is 0 Å². The molecule has 2 rings (SSSR count). The number of ether oxygens (including phenoxy) is 2. The van der Waals surface area contributed by atoms with E-state index in [1.54, 1.807) is 26.8 Å². The Morgan fingerprint density at radius 2 is 2.10 bits per heavy atom. The minimum atomic E-state index is -3.94. The zero-order chi connectivity index (χ0) is 23.2. The van der Waals surface area contributed by atoms with Gasteiger partial charge in [0, 0.05) is 18.0 Å². The van der Waals surface area contributed by atoms with Gasteiger partial charge in [-0.15, -0.1) is 0 Å². The lowest BCUT2D eigenvalue weighted by Crippen LogP contribution is -2.51. The topological polar surface area (TPSA) is 155 Å². The molecule has 0 spiro atoms. The Kier molecular flexibility index (Phi) is 8.35. The predicted molar refractivity (Wildman–Crippen MR) is 105 cm³/mol. The minimum Gasteiger partial charge on any atom is -0.468 e. The highest BCUT2D eigenvalue weighted by Gasteiger charge is 2.48. The van der Waals surface area contributed by atoms with Crippen LogP contribution in [0.2, 0.25) is 0 Å². The number of hydrogen-bond acceptors (Lipinski definition) is 10. The summed E-state index contributed by atoms with van der Waals surface area (Å²) in [6.07, 6.45) is -1.22. The van der Waals surface area contributed by atoms with E-state index in [4.69, 9.17) is 18.3 Å². The van der Waals surface area contributed by atoms with Crippen molar-refractivity contribution in [2.45, 2.75) is 52.9 Å². The molecule has 1 aromatic rings. The van der Waals surface area contributed by atoms with Crippen LogP contribution in [-0.2, 0) is 44.1 Å². The second-order valence-corrected chi connectivity index (χ2v) is 9.47. The summed E-state index contributed by atoms with van der Waals surface area (Å²) in [6.45, 7) is 6.47. The molecule has 1 fully saturated rings. The van der Waals surface area contributed by atoms with Crippen molar-refractivity contribution in [3.05, 3.63) is 17.5 Å². The van der Waals surface area contributed by atoms with Gasteiger partial charge in [-0.2, -0.15) is 0 Å². The number of carbonyl (C=O) groups excluding carboxylic acids is 3. The summed E-state index contributed by atoms with van der Waals surface area (Å²) in [7, 11) is -2.75. The van der Waals surface area contributed by atoms with Crippen molar-refractivity contribution in [2.75, 3.05) is 20.3 Å². The molecule has 1 aliphatic heterocycles. The van der Waals surface area contributed by atoms with Gasteiger partial charge in [0.15, 0.2) is 6.10 Å². The Morgan fingerprint density at radius 1 is 1.39 bits per heavy atom. The summed E-state index contributed by atoms with van der Waals surface area (Å²) in [6, 6.07) is 0.677. The first-order valence-corrected chi connectivity index (χ1v) is 11.1. The number of amides is 1. The van der Waals surface area contributed by atoms with E-state index in [-0.39, 0.29) is 26.2 Å². The van der Waals surface area contributed by atoms with E-state index in [1.165, 1.54) is 14.0 Å². The Labute approximate surface area is 179 Å². The number of aromatic nitrogens is 1. The van der Waals surface area contributed by atoms with Gasteiger partial charge in [0.25, 0.3) is 0 Å². The van der Waals surface area contributed by atoms with Crippen molar-refractivity contribution in [3.63, 3.8) is 0 Å². The Hall–Kier alpha value is -2.27. The molecule has 3 atom stereocenters. The van der Waals surface area contributed by atoms with Gasteiger partial charge in [0.2, 0.25) is 5.91 Å². The fraction of sp³-hybridized carbons (Fsp3) is 0.667. The molecule has 12 nitrogen and oxygen atoms in total. The summed E-state index contributed by atoms with van der Waals surface area (Å²) in [5.41, 5.74) is -0.323. The van der Waals surface area contributed by atoms with Crippen molar-refractivity contribution >= 4 is 25.6 Å². The number of aryl methyl sites for hydroxylation is 1. The maximum Gasteiger partial charge on any atom is 0.407 e. The molecular weight excluding hydrogens is 433 g/mol. The predicted octanol–water partition coefficient (Wildman–Crippen LogP) is 1.23. The number of rotatable bonds is 9. The van der Waals surface area contributed by atoms with E-state index in [9.17, 15) is 18.9 Å². The lowest BCUT2D eigenvalue weighted by atomic mass is 9.87. The maximum atomic E-state index is 12.8. The average molecular weight is 461 g/mol. The quantitative estimate of drug-likeness (QED) is 0.403. The second-order valence-electron chi connectivity index (χ2n) is 7.75. The van der Waals surface area contributed by atoms with E-state index in [2.05, 4.69) is 20.3 Å². The molecule has 0 bridgehead atoms. The Balaban J connectivity index is 1.85. The minimum absolute atomic E-state index is 0.0113. The van der Waals surface area contributed by atoms with E-state index in [1.807, 2.05) is 0 Å². The summed E-state index contributed by atoms with van der Waals surface area (Å²) in [5, 5.41) is 8.73. The molecule has 0 aliphatic carbocycles. The molecule has 1 aromatic heterocycles. The van der Waals surface area contributed by atoms with Crippen LogP contribution >= 0.6 is 7.75 Å². The molecule has 0 aromatic carbocycles. The summed E-state index contributed by atoms with van der Waals surface area (Å²) < 4.78 is 38.1. The van der Waals surface area contributed by atoms with Crippen LogP contribution in [-0.4, -0.2) is 55.4 Å². The van der Waals surface area contributed by atoms with E-state index in [0.717, 1.165) is 0 Å². The third kappa shape index (κ3) is 7.13. The maximum absolute atomic E-state index is 12.8. The lowest BCUT2D eigenvalue weighted by Gasteiger charge is -2.40. The molecular formula is C18H28N3O9P. The smallest absolute Gasteiger partial charge is 0.407 e. The van der Waals surface area contributed by atoms with Gasteiger partial charge in [-0.25, -0.2) is 9.65 Å². The van der Waals surface area contributed by atoms with Crippen molar-refractivity contribution < 1.29 is 42.0 Å². The van der Waals surface area contributed by atoms with Gasteiger partial charge in [-0.05, 0) is 13.8 Å². The third-order valence-electron chi connectivity index (χ3n) is 4.39. The number of carbonyl (C=O) groups is 3. The number of hydrogen-bond donors (Lipinski definition) is 2. The first-order valence-electron chi connectivity index (χ1n) is 9.60. The molecule has 0 saturated carbocycles. The molecule has 13 heteroatoms. The average Bonchev–Trinajstić information content (AvgIpc) is 3.13. The van der Waals surface area contributed by atoms with Crippen LogP contribution in [0.15, 0.2) is 10.6 Å². The highest BCUT2D eigenvalue weighted by molar-refractivity contribution is 7.51. The van der Waals surface area contributed by atoms with Crippen LogP contribution in [0, 0.1) is 12.3 Å². The second kappa shape index (κ2) is 10.4. The number of esters is 2. The van der Waals surface area contributed by atoms with Crippen LogP contribution < -0.4 is 10.4 Å². The van der Waals surface area contributed by atoms with Crippen LogP contribution in [0.4, 0.5) is 0 Å². The van der Waals surface area contributed by atoms with E-state index in [0.29, 0.717) is 11.5 Å². The molecule has 1 saturated heterocycles. The van der Waals surface area contributed by atoms with Crippen LogP contribution in [0.1, 0.15) is 38.6 Å². The summed E-state index contributed by atoms with van der Waals surface area (Å²) >= 11 is 0. The zero-order valence-electron chi connectivity index (χ0n) is 18.1. The first kappa shape index (κ1) is 25.0. The van der Waals surface area contributed by atoms with Crippen molar-refractivity contribution in [1.82, 2.24) is 15.6 Å². The van der Waals surface area contributed by atoms with Gasteiger partial charge in [-0.3, -0.25) is 23.4 Å². The monoisotopic (exact) mass is 461 g/mol. The van der Waals surface area contributed by atoms with Crippen LogP contribution in [0.5, 0.6) is 0 Å². The van der Waals surface area contributed by atoms with Crippen molar-refractivity contribution in [1.29, 1.82) is 0 Å². The summed E-state index contributed by atoms with van der Waals surface area (Å²) in [5.74, 6) is -1.16. The largest absolute Gasteiger partial charge is 0.468 e. The van der Waals surface area contributed by atoms with E-state index < -0.39 is 43.2 Å². The van der Waals surface area contributed by atoms with Crippen molar-refractivity contribution in [2.24, 2.45) is 5.41 Å².